The third-order valence-corrected chi connectivity index (χ3v) is 2.79. The van der Waals surface area contributed by atoms with Crippen LogP contribution in [0.2, 0.25) is 0 Å². The summed E-state index contributed by atoms with van der Waals surface area (Å²) >= 11 is 0. The Labute approximate surface area is 91.0 Å². The van der Waals surface area contributed by atoms with Crippen molar-refractivity contribution >= 4 is 22.9 Å². The van der Waals surface area contributed by atoms with Crippen LogP contribution in [0.25, 0.3) is 11.1 Å². The highest BCUT2D eigenvalue weighted by Gasteiger charge is 2.28. The summed E-state index contributed by atoms with van der Waals surface area (Å²) in [5.74, 6) is -0.370. The van der Waals surface area contributed by atoms with Gasteiger partial charge in [0.15, 0.2) is 5.58 Å². The molecular weight excluding hydrogens is 208 g/mol. The van der Waals surface area contributed by atoms with Gasteiger partial charge in [-0.05, 0) is 6.42 Å². The Morgan fingerprint density at radius 2 is 2.38 bits per heavy atom. The summed E-state index contributed by atoms with van der Waals surface area (Å²) in [6, 6.07) is 3.38. The van der Waals surface area contributed by atoms with Crippen LogP contribution in [0, 0.1) is 0 Å². The molecule has 3 rings (SSSR count). The van der Waals surface area contributed by atoms with Crippen LogP contribution in [0.15, 0.2) is 22.8 Å². The van der Waals surface area contributed by atoms with Crippen LogP contribution in [0.1, 0.15) is 23.3 Å². The number of carbonyl (C=O) groups excluding carboxylic acids is 2. The molecule has 1 aliphatic rings. The number of amides is 2. The fourth-order valence-corrected chi connectivity index (χ4v) is 1.97. The van der Waals surface area contributed by atoms with E-state index >= 15 is 0 Å². The number of fused-ring (bicyclic) bond motifs is 1. The number of imide groups is 1. The van der Waals surface area contributed by atoms with Gasteiger partial charge in [-0.15, -0.1) is 0 Å². The molecule has 5 heteroatoms. The number of nitrogens with one attached hydrogen (secondary N) is 1. The minimum Gasteiger partial charge on any atom is -0.463 e. The van der Waals surface area contributed by atoms with E-state index in [1.54, 1.807) is 18.4 Å². The number of aromatic nitrogens is 1. The monoisotopic (exact) mass is 218 g/mol. The molecule has 82 valence electrons. The minimum atomic E-state index is -0.270. The van der Waals surface area contributed by atoms with Crippen molar-refractivity contribution in [3.05, 3.63) is 24.1 Å². The fourth-order valence-electron chi connectivity index (χ4n) is 1.97. The maximum atomic E-state index is 12.0. The van der Waals surface area contributed by atoms with E-state index in [1.807, 2.05) is 0 Å². The SMILES string of the molecule is O=C1CCCN1C(=O)c1cc2occc2[nH]1. The zero-order valence-electron chi connectivity index (χ0n) is 8.53. The van der Waals surface area contributed by atoms with Crippen molar-refractivity contribution in [2.45, 2.75) is 12.8 Å². The van der Waals surface area contributed by atoms with E-state index in [2.05, 4.69) is 4.98 Å². The van der Waals surface area contributed by atoms with E-state index in [1.165, 1.54) is 4.90 Å². The van der Waals surface area contributed by atoms with Crippen LogP contribution in [-0.2, 0) is 4.79 Å². The third kappa shape index (κ3) is 1.25. The number of rotatable bonds is 1. The van der Waals surface area contributed by atoms with Crippen molar-refractivity contribution in [3.63, 3.8) is 0 Å². The molecule has 2 aromatic heterocycles. The van der Waals surface area contributed by atoms with Gasteiger partial charge in [0, 0.05) is 25.1 Å². The Kier molecular flexibility index (Phi) is 1.86. The smallest absolute Gasteiger partial charge is 0.277 e. The molecule has 0 bridgehead atoms. The van der Waals surface area contributed by atoms with Gasteiger partial charge in [0.05, 0.1) is 11.8 Å². The number of nitrogens with zero attached hydrogens (tertiary/aromatic N) is 1. The van der Waals surface area contributed by atoms with Crippen LogP contribution < -0.4 is 0 Å². The zero-order chi connectivity index (χ0) is 11.1. The van der Waals surface area contributed by atoms with Crippen LogP contribution in [0.4, 0.5) is 0 Å². The molecule has 1 aliphatic heterocycles. The van der Waals surface area contributed by atoms with E-state index < -0.39 is 0 Å². The summed E-state index contributed by atoms with van der Waals surface area (Å²) in [6.07, 6.45) is 2.76. The Morgan fingerprint density at radius 1 is 1.50 bits per heavy atom. The molecule has 0 saturated carbocycles. The van der Waals surface area contributed by atoms with Gasteiger partial charge in [0.25, 0.3) is 5.91 Å². The van der Waals surface area contributed by atoms with Crippen LogP contribution in [0.5, 0.6) is 0 Å². The average molecular weight is 218 g/mol. The molecule has 16 heavy (non-hydrogen) atoms. The standard InChI is InChI=1S/C11H10N2O3/c14-10-2-1-4-13(10)11(15)8-6-9-7(12-8)3-5-16-9/h3,5-6,12H,1-2,4H2. The second kappa shape index (κ2) is 3.23. The molecule has 0 spiro atoms. The lowest BCUT2D eigenvalue weighted by molar-refractivity contribution is -0.125. The maximum Gasteiger partial charge on any atom is 0.277 e. The van der Waals surface area contributed by atoms with Crippen LogP contribution >= 0.6 is 0 Å². The molecule has 0 radical (unpaired) electrons. The highest BCUT2D eigenvalue weighted by atomic mass is 16.3. The first-order valence-corrected chi connectivity index (χ1v) is 5.16. The topological polar surface area (TPSA) is 66.3 Å². The zero-order valence-corrected chi connectivity index (χ0v) is 8.53. The van der Waals surface area contributed by atoms with Crippen LogP contribution in [-0.4, -0.2) is 28.2 Å². The van der Waals surface area contributed by atoms with Gasteiger partial charge < -0.3 is 9.40 Å². The predicted molar refractivity (Wildman–Crippen MR) is 55.8 cm³/mol. The van der Waals surface area contributed by atoms with Gasteiger partial charge in [-0.2, -0.15) is 0 Å². The summed E-state index contributed by atoms with van der Waals surface area (Å²) in [5, 5.41) is 0. The molecule has 1 fully saturated rings. The van der Waals surface area contributed by atoms with E-state index in [0.717, 1.165) is 11.9 Å². The van der Waals surface area contributed by atoms with Gasteiger partial charge in [-0.1, -0.05) is 0 Å². The second-order valence-electron chi connectivity index (χ2n) is 3.84. The molecule has 0 aromatic carbocycles. The lowest BCUT2D eigenvalue weighted by Crippen LogP contribution is -2.32. The molecular formula is C11H10N2O3. The largest absolute Gasteiger partial charge is 0.463 e. The molecule has 5 nitrogen and oxygen atoms in total. The molecule has 0 unspecified atom stereocenters. The Hall–Kier alpha value is -2.04. The number of hydrogen-bond donors (Lipinski definition) is 1. The van der Waals surface area contributed by atoms with E-state index in [9.17, 15) is 9.59 Å². The number of aromatic amines is 1. The highest BCUT2D eigenvalue weighted by molar-refractivity contribution is 6.06. The lowest BCUT2D eigenvalue weighted by Gasteiger charge is -2.11. The molecule has 2 amide bonds. The van der Waals surface area contributed by atoms with Crippen molar-refractivity contribution in [2.75, 3.05) is 6.54 Å². The number of carbonyl (C=O) groups is 2. The second-order valence-corrected chi connectivity index (χ2v) is 3.84. The molecule has 2 aromatic rings. The highest BCUT2D eigenvalue weighted by Crippen LogP contribution is 2.19. The Morgan fingerprint density at radius 3 is 3.06 bits per heavy atom. The van der Waals surface area contributed by atoms with Crippen molar-refractivity contribution in [1.82, 2.24) is 9.88 Å². The van der Waals surface area contributed by atoms with E-state index in [-0.39, 0.29) is 11.8 Å². The van der Waals surface area contributed by atoms with Gasteiger partial charge in [0.1, 0.15) is 5.69 Å². The first kappa shape index (κ1) is 9.21. The van der Waals surface area contributed by atoms with Crippen molar-refractivity contribution < 1.29 is 14.0 Å². The summed E-state index contributed by atoms with van der Waals surface area (Å²) in [6.45, 7) is 0.512. The average Bonchev–Trinajstić information content (AvgIpc) is 2.89. The number of likely N-dealkylation sites (tertiary alicyclic amines) is 1. The summed E-state index contributed by atoms with van der Waals surface area (Å²) in [4.78, 5) is 27.6. The minimum absolute atomic E-state index is 0.101. The Balaban J connectivity index is 1.95. The molecule has 1 saturated heterocycles. The normalized spacial score (nSPS) is 16.2. The quantitative estimate of drug-likeness (QED) is 0.738. The molecule has 0 aliphatic carbocycles. The number of H-pyrrole nitrogens is 1. The summed E-state index contributed by atoms with van der Waals surface area (Å²) in [5.41, 5.74) is 1.81. The first-order valence-electron chi connectivity index (χ1n) is 5.16. The van der Waals surface area contributed by atoms with Gasteiger partial charge in [-0.3, -0.25) is 14.5 Å². The van der Waals surface area contributed by atoms with E-state index in [4.69, 9.17) is 4.42 Å². The first-order chi connectivity index (χ1) is 7.75. The van der Waals surface area contributed by atoms with Crippen molar-refractivity contribution in [3.8, 4) is 0 Å². The summed E-state index contributed by atoms with van der Waals surface area (Å²) < 4.78 is 5.15. The van der Waals surface area contributed by atoms with E-state index in [0.29, 0.717) is 24.2 Å². The fraction of sp³-hybridized carbons (Fsp3) is 0.273. The maximum absolute atomic E-state index is 12.0. The number of hydrogen-bond acceptors (Lipinski definition) is 3. The third-order valence-electron chi connectivity index (χ3n) is 2.79. The van der Waals surface area contributed by atoms with Crippen LogP contribution in [0.3, 0.4) is 0 Å². The van der Waals surface area contributed by atoms with Gasteiger partial charge >= 0.3 is 0 Å². The van der Waals surface area contributed by atoms with Gasteiger partial charge in [0.2, 0.25) is 5.91 Å². The van der Waals surface area contributed by atoms with Gasteiger partial charge in [-0.25, -0.2) is 0 Å². The van der Waals surface area contributed by atoms with Crippen molar-refractivity contribution in [1.29, 1.82) is 0 Å². The predicted octanol–water partition coefficient (Wildman–Crippen LogP) is 1.52. The Bertz CT molecular complexity index is 538. The molecule has 1 N–H and O–H groups in total. The lowest BCUT2D eigenvalue weighted by atomic mass is 10.3. The molecule has 3 heterocycles. The number of furan rings is 1. The van der Waals surface area contributed by atoms with Crippen molar-refractivity contribution in [2.24, 2.45) is 0 Å². The summed E-state index contributed by atoms with van der Waals surface area (Å²) in [7, 11) is 0. The molecule has 0 atom stereocenters.